The fourth-order valence-corrected chi connectivity index (χ4v) is 5.01. The second kappa shape index (κ2) is 11.9. The van der Waals surface area contributed by atoms with Gasteiger partial charge in [0, 0.05) is 44.1 Å². The number of rotatable bonds is 9. The fraction of sp³-hybridized carbons (Fsp3) is 0.429. The average Bonchev–Trinajstić information content (AvgIpc) is 3.66. The Bertz CT molecular complexity index is 1600. The minimum Gasteiger partial charge on any atom is -0.488 e. The lowest BCUT2D eigenvalue weighted by atomic mass is 10.1. The SMILES string of the molecule is CC(C)NC(=O)O[C@H]1CO[C@@H](c2cc(Nc3nccc4nc(CN5CC(Oc6ccc(C(F)(F)F)cc6)C5)cn34)n[nH]2)[C@H]1F. The molecule has 2 aliphatic rings. The summed E-state index contributed by atoms with van der Waals surface area (Å²) in [6.07, 6.45) is -5.40. The van der Waals surface area contributed by atoms with Crippen LogP contribution in [0.4, 0.5) is 34.1 Å². The molecular weight excluding hydrogens is 588 g/mol. The minimum atomic E-state index is -4.39. The number of alkyl carbamates (subject to hydrolysis) is 1. The number of aromatic amines is 1. The van der Waals surface area contributed by atoms with Gasteiger partial charge in [-0.3, -0.25) is 14.4 Å². The van der Waals surface area contributed by atoms with Crippen molar-refractivity contribution in [1.29, 1.82) is 0 Å². The highest BCUT2D eigenvalue weighted by Gasteiger charge is 2.42. The molecular formula is C28H30F4N8O4. The van der Waals surface area contributed by atoms with Gasteiger partial charge >= 0.3 is 12.3 Å². The smallest absolute Gasteiger partial charge is 0.416 e. The summed E-state index contributed by atoms with van der Waals surface area (Å²) in [6.45, 7) is 5.20. The molecule has 12 nitrogen and oxygen atoms in total. The topological polar surface area (TPSA) is 131 Å². The number of carbonyl (C=O) groups excluding carboxylic acids is 1. The van der Waals surface area contributed by atoms with Crippen LogP contribution in [0.2, 0.25) is 0 Å². The van der Waals surface area contributed by atoms with Gasteiger partial charge in [0.2, 0.25) is 5.95 Å². The highest BCUT2D eigenvalue weighted by atomic mass is 19.4. The van der Waals surface area contributed by atoms with Crippen LogP contribution in [0.15, 0.2) is 48.8 Å². The van der Waals surface area contributed by atoms with E-state index in [0.717, 1.165) is 17.8 Å². The number of halogens is 4. The highest BCUT2D eigenvalue weighted by Crippen LogP contribution is 2.34. The molecule has 16 heteroatoms. The molecule has 4 aromatic rings. The quantitative estimate of drug-likeness (QED) is 0.234. The number of aromatic nitrogens is 5. The van der Waals surface area contributed by atoms with E-state index in [0.29, 0.717) is 48.5 Å². The molecule has 5 heterocycles. The van der Waals surface area contributed by atoms with Crippen molar-refractivity contribution in [3.8, 4) is 5.75 Å². The van der Waals surface area contributed by atoms with Gasteiger partial charge in [-0.25, -0.2) is 19.2 Å². The number of carbonyl (C=O) groups is 1. The molecule has 0 saturated carbocycles. The van der Waals surface area contributed by atoms with Crippen LogP contribution in [0.5, 0.6) is 5.75 Å². The summed E-state index contributed by atoms with van der Waals surface area (Å²) in [5.74, 6) is 1.20. The van der Waals surface area contributed by atoms with Crippen LogP contribution < -0.4 is 15.4 Å². The van der Waals surface area contributed by atoms with Crippen LogP contribution in [0.25, 0.3) is 5.65 Å². The molecule has 2 saturated heterocycles. The summed E-state index contributed by atoms with van der Waals surface area (Å²) in [5.41, 5.74) is 1.09. The molecule has 1 aromatic carbocycles. The number of fused-ring (bicyclic) bond motifs is 1. The summed E-state index contributed by atoms with van der Waals surface area (Å²) >= 11 is 0. The van der Waals surface area contributed by atoms with Crippen molar-refractivity contribution in [1.82, 2.24) is 34.8 Å². The summed E-state index contributed by atoms with van der Waals surface area (Å²) in [4.78, 5) is 23.0. The Morgan fingerprint density at radius 1 is 1.20 bits per heavy atom. The number of benzene rings is 1. The Hall–Kier alpha value is -4.44. The normalized spacial score (nSPS) is 21.0. The number of amides is 1. The number of imidazole rings is 1. The van der Waals surface area contributed by atoms with Crippen LogP contribution in [0.3, 0.4) is 0 Å². The molecule has 44 heavy (non-hydrogen) atoms. The molecule has 3 N–H and O–H groups in total. The number of anilines is 2. The predicted octanol–water partition coefficient (Wildman–Crippen LogP) is 4.39. The first-order valence-electron chi connectivity index (χ1n) is 14.0. The zero-order valence-corrected chi connectivity index (χ0v) is 23.7. The average molecular weight is 619 g/mol. The van der Waals surface area contributed by atoms with Gasteiger partial charge in [0.05, 0.1) is 23.6 Å². The van der Waals surface area contributed by atoms with E-state index in [1.807, 2.05) is 6.20 Å². The molecule has 0 spiro atoms. The van der Waals surface area contributed by atoms with Gasteiger partial charge in [-0.15, -0.1) is 0 Å². The van der Waals surface area contributed by atoms with Crippen LogP contribution in [-0.2, 0) is 22.2 Å². The lowest BCUT2D eigenvalue weighted by Crippen LogP contribution is -2.53. The number of nitrogens with zero attached hydrogens (tertiary/aromatic N) is 5. The number of likely N-dealkylation sites (tertiary alicyclic amines) is 1. The maximum absolute atomic E-state index is 15.0. The van der Waals surface area contributed by atoms with Gasteiger partial charge in [0.25, 0.3) is 0 Å². The van der Waals surface area contributed by atoms with E-state index in [2.05, 4.69) is 35.7 Å². The maximum atomic E-state index is 15.0. The minimum absolute atomic E-state index is 0.0866. The van der Waals surface area contributed by atoms with Gasteiger partial charge in [0.1, 0.15) is 23.6 Å². The van der Waals surface area contributed by atoms with Crippen LogP contribution >= 0.6 is 0 Å². The van der Waals surface area contributed by atoms with E-state index in [4.69, 9.17) is 14.2 Å². The van der Waals surface area contributed by atoms with Gasteiger partial charge in [-0.1, -0.05) is 0 Å². The summed E-state index contributed by atoms with van der Waals surface area (Å²) in [5, 5.41) is 12.6. The van der Waals surface area contributed by atoms with E-state index >= 15 is 4.39 Å². The third-order valence-corrected chi connectivity index (χ3v) is 7.12. The van der Waals surface area contributed by atoms with Crippen LogP contribution in [0.1, 0.15) is 36.9 Å². The third kappa shape index (κ3) is 6.55. The van der Waals surface area contributed by atoms with Crippen molar-refractivity contribution >= 4 is 23.5 Å². The molecule has 0 aliphatic carbocycles. The Labute approximate surface area is 248 Å². The zero-order chi connectivity index (χ0) is 31.0. The molecule has 6 rings (SSSR count). The number of nitrogens with one attached hydrogen (secondary N) is 3. The zero-order valence-electron chi connectivity index (χ0n) is 23.7. The Balaban J connectivity index is 1.03. The molecule has 3 aromatic heterocycles. The maximum Gasteiger partial charge on any atom is 0.416 e. The second-order valence-electron chi connectivity index (χ2n) is 11.0. The predicted molar refractivity (Wildman–Crippen MR) is 148 cm³/mol. The largest absolute Gasteiger partial charge is 0.488 e. The molecule has 0 unspecified atom stereocenters. The third-order valence-electron chi connectivity index (χ3n) is 7.12. The fourth-order valence-electron chi connectivity index (χ4n) is 5.01. The van der Waals surface area contributed by atoms with Gasteiger partial charge in [0.15, 0.2) is 18.1 Å². The van der Waals surface area contributed by atoms with Gasteiger partial charge in [-0.2, -0.15) is 18.3 Å². The molecule has 0 radical (unpaired) electrons. The first kappa shape index (κ1) is 29.6. The van der Waals surface area contributed by atoms with Crippen molar-refractivity contribution < 1.29 is 36.6 Å². The summed E-state index contributed by atoms with van der Waals surface area (Å²) in [7, 11) is 0. The second-order valence-corrected chi connectivity index (χ2v) is 11.0. The number of hydrogen-bond acceptors (Lipinski definition) is 9. The molecule has 2 fully saturated rings. The molecule has 3 atom stereocenters. The van der Waals surface area contributed by atoms with E-state index in [1.165, 1.54) is 12.1 Å². The van der Waals surface area contributed by atoms with Crippen molar-refractivity contribution in [3.05, 3.63) is 65.7 Å². The highest BCUT2D eigenvalue weighted by molar-refractivity contribution is 5.67. The van der Waals surface area contributed by atoms with E-state index in [9.17, 15) is 18.0 Å². The van der Waals surface area contributed by atoms with Crippen LogP contribution in [-0.4, -0.2) is 79.7 Å². The van der Waals surface area contributed by atoms with Crippen molar-refractivity contribution in [3.63, 3.8) is 0 Å². The van der Waals surface area contributed by atoms with E-state index in [1.54, 1.807) is 36.6 Å². The molecule has 234 valence electrons. The number of ether oxygens (including phenoxy) is 3. The number of alkyl halides is 4. The van der Waals surface area contributed by atoms with Crippen molar-refractivity contribution in [2.24, 2.45) is 0 Å². The van der Waals surface area contributed by atoms with Gasteiger partial charge < -0.3 is 24.8 Å². The Morgan fingerprint density at radius 3 is 2.70 bits per heavy atom. The summed E-state index contributed by atoms with van der Waals surface area (Å²) in [6, 6.07) is 7.88. The van der Waals surface area contributed by atoms with Crippen molar-refractivity contribution in [2.45, 2.75) is 57.1 Å². The first-order valence-corrected chi connectivity index (χ1v) is 14.0. The Morgan fingerprint density at radius 2 is 1.98 bits per heavy atom. The molecule has 2 aliphatic heterocycles. The lowest BCUT2D eigenvalue weighted by Gasteiger charge is -2.38. The van der Waals surface area contributed by atoms with E-state index < -0.39 is 36.2 Å². The standard InChI is InChI=1S/C28H30F4N8O4/c1-15(2)34-27(41)44-21-14-42-25(24(21)29)20-9-22(38-37-20)36-26-33-8-7-23-35-17(11-40(23)26)10-39-12-19(13-39)43-18-5-3-16(4-6-18)28(30,31)32/h3-9,11,15,19,21,24-25H,10,12-14H2,1-2H3,(H,34,41)(H2,33,36,37,38)/t21-,24-,25-/m0/s1. The Kier molecular flexibility index (Phi) is 8.02. The first-order chi connectivity index (χ1) is 21.0. The van der Waals surface area contributed by atoms with Crippen LogP contribution in [0, 0.1) is 0 Å². The number of hydrogen-bond donors (Lipinski definition) is 3. The van der Waals surface area contributed by atoms with Gasteiger partial charge in [-0.05, 0) is 44.2 Å². The lowest BCUT2D eigenvalue weighted by molar-refractivity contribution is -0.137. The monoisotopic (exact) mass is 618 g/mol. The van der Waals surface area contributed by atoms with Crippen molar-refractivity contribution in [2.75, 3.05) is 25.0 Å². The number of H-pyrrole nitrogens is 1. The van der Waals surface area contributed by atoms with E-state index in [-0.39, 0.29) is 18.8 Å². The summed E-state index contributed by atoms with van der Waals surface area (Å²) < 4.78 is 71.6. The molecule has 1 amide bonds. The molecule has 0 bridgehead atoms.